The summed E-state index contributed by atoms with van der Waals surface area (Å²) in [5.74, 6) is -1.98. The fraction of sp³-hybridized carbons (Fsp3) is 0.944. The molecule has 0 aromatic rings. The van der Waals surface area contributed by atoms with E-state index in [1.807, 2.05) is 0 Å². The Morgan fingerprint density at radius 1 is 0.218 bits per heavy atom. The SMILES string of the molecule is CCCCCCCCCCCC(=O)O.CCCCCCCCCCCC(=O)O.CCCCCCCCCCCC(=O)O.OCC(O)CO.OCC(O)CO.OCC(O)CO.OCC(O)CO.OCC(O)CO.OCC(O)CO. The predicted molar refractivity (Wildman–Crippen MR) is 300 cm³/mol. The average molecular weight is 1150 g/mol. The molecule has 78 heavy (non-hydrogen) atoms. The highest BCUT2D eigenvalue weighted by atomic mass is 16.4. The third kappa shape index (κ3) is 130. The molecule has 0 spiro atoms. The van der Waals surface area contributed by atoms with Crippen LogP contribution in [0.5, 0.6) is 0 Å². The smallest absolute Gasteiger partial charge is 0.303 e. The molecule has 0 aliphatic rings. The molecular weight excluding hydrogens is 1030 g/mol. The number of aliphatic carboxylic acids is 3. The Hall–Kier alpha value is -2.31. The molecule has 0 fully saturated rings. The lowest BCUT2D eigenvalue weighted by molar-refractivity contribution is -0.138. The summed E-state index contributed by atoms with van der Waals surface area (Å²) in [7, 11) is 0. The van der Waals surface area contributed by atoms with E-state index in [9.17, 15) is 14.4 Å². The minimum absolute atomic E-state index is 0.343. The van der Waals surface area contributed by atoms with Crippen LogP contribution < -0.4 is 0 Å². The van der Waals surface area contributed by atoms with Crippen LogP contribution in [-0.4, -0.2) is 241 Å². The van der Waals surface area contributed by atoms with Crippen LogP contribution in [0, 0.1) is 0 Å². The number of carboxylic acid groups (broad SMARTS) is 3. The molecule has 0 radical (unpaired) electrons. The van der Waals surface area contributed by atoms with Crippen LogP contribution in [0.15, 0.2) is 0 Å². The number of unbranched alkanes of at least 4 members (excludes halogenated alkanes) is 24. The molecule has 0 rings (SSSR count). The van der Waals surface area contributed by atoms with Gasteiger partial charge in [-0.3, -0.25) is 14.4 Å². The number of aliphatic hydroxyl groups excluding tert-OH is 18. The third-order valence-electron chi connectivity index (χ3n) is 10.0. The van der Waals surface area contributed by atoms with Gasteiger partial charge in [0.25, 0.3) is 0 Å². The van der Waals surface area contributed by atoms with Crippen molar-refractivity contribution in [1.29, 1.82) is 0 Å². The maximum Gasteiger partial charge on any atom is 0.303 e. The number of hydrogen-bond acceptors (Lipinski definition) is 21. The molecule has 0 aliphatic carbocycles. The highest BCUT2D eigenvalue weighted by Crippen LogP contribution is 2.12. The zero-order valence-electron chi connectivity index (χ0n) is 48.3. The van der Waals surface area contributed by atoms with Gasteiger partial charge in [-0.25, -0.2) is 0 Å². The summed E-state index contributed by atoms with van der Waals surface area (Å²) >= 11 is 0. The summed E-state index contributed by atoms with van der Waals surface area (Å²) in [5, 5.41) is 169. The second-order valence-corrected chi connectivity index (χ2v) is 18.0. The van der Waals surface area contributed by atoms with Gasteiger partial charge in [0, 0.05) is 19.3 Å². The molecule has 24 heteroatoms. The second-order valence-electron chi connectivity index (χ2n) is 18.0. The van der Waals surface area contributed by atoms with Crippen molar-refractivity contribution in [3.05, 3.63) is 0 Å². The Bertz CT molecular complexity index is 860. The van der Waals surface area contributed by atoms with Gasteiger partial charge < -0.3 is 107 Å². The van der Waals surface area contributed by atoms with Gasteiger partial charge in [-0.1, -0.05) is 175 Å². The zero-order chi connectivity index (χ0) is 61.9. The van der Waals surface area contributed by atoms with Crippen molar-refractivity contribution in [1.82, 2.24) is 0 Å². The highest BCUT2D eigenvalue weighted by Gasteiger charge is 2.00. The summed E-state index contributed by atoms with van der Waals surface area (Å²) in [6.45, 7) is 2.31. The molecular formula is C54H120O24. The third-order valence-corrected chi connectivity index (χ3v) is 10.0. The Balaban J connectivity index is -0.000000101. The van der Waals surface area contributed by atoms with E-state index in [4.69, 9.17) is 107 Å². The van der Waals surface area contributed by atoms with Gasteiger partial charge in [0.05, 0.1) is 79.3 Å². The monoisotopic (exact) mass is 1150 g/mol. The first kappa shape index (κ1) is 94.9. The fourth-order valence-electron chi connectivity index (χ4n) is 5.11. The number of hydrogen-bond donors (Lipinski definition) is 21. The second kappa shape index (κ2) is 91.2. The van der Waals surface area contributed by atoms with Crippen LogP contribution in [0.1, 0.15) is 213 Å². The summed E-state index contributed by atoms with van der Waals surface area (Å²) in [6.07, 6.45) is 28.7. The first-order valence-electron chi connectivity index (χ1n) is 28.2. The van der Waals surface area contributed by atoms with E-state index in [1.54, 1.807) is 0 Å². The summed E-state index contributed by atoms with van der Waals surface area (Å²) in [4.78, 5) is 30.6. The maximum atomic E-state index is 10.2. The lowest BCUT2D eigenvalue weighted by atomic mass is 10.1. The van der Waals surface area contributed by atoms with Crippen LogP contribution in [0.3, 0.4) is 0 Å². The van der Waals surface area contributed by atoms with E-state index in [2.05, 4.69) is 20.8 Å². The first-order chi connectivity index (χ1) is 37.2. The van der Waals surface area contributed by atoms with E-state index in [-0.39, 0.29) is 79.3 Å². The van der Waals surface area contributed by atoms with Crippen LogP contribution in [0.4, 0.5) is 0 Å². The molecule has 0 bridgehead atoms. The van der Waals surface area contributed by atoms with Crippen molar-refractivity contribution in [3.8, 4) is 0 Å². The number of carbonyl (C=O) groups is 3. The Morgan fingerprint density at radius 2 is 0.321 bits per heavy atom. The van der Waals surface area contributed by atoms with Crippen molar-refractivity contribution in [2.75, 3.05) is 79.3 Å². The van der Waals surface area contributed by atoms with E-state index < -0.39 is 54.5 Å². The number of rotatable bonds is 42. The molecule has 24 nitrogen and oxygen atoms in total. The van der Waals surface area contributed by atoms with Crippen molar-refractivity contribution >= 4 is 17.9 Å². The fourth-order valence-corrected chi connectivity index (χ4v) is 5.11. The molecule has 0 aromatic heterocycles. The van der Waals surface area contributed by atoms with E-state index in [0.717, 1.165) is 38.5 Å². The minimum Gasteiger partial charge on any atom is -0.481 e. The molecule has 0 heterocycles. The van der Waals surface area contributed by atoms with Gasteiger partial charge >= 0.3 is 17.9 Å². The standard InChI is InChI=1S/3C12H24O2.6C3H8O3/c3*1-2-3-4-5-6-7-8-9-10-11-12(13)14;6*4-1-3(6)2-5/h3*2-11H2,1H3,(H,13,14);6*3-6H,1-2H2. The van der Waals surface area contributed by atoms with Crippen molar-refractivity contribution in [3.63, 3.8) is 0 Å². The van der Waals surface area contributed by atoms with Gasteiger partial charge in [-0.05, 0) is 19.3 Å². The lowest BCUT2D eigenvalue weighted by Crippen LogP contribution is -2.15. The summed E-state index contributed by atoms with van der Waals surface area (Å²) < 4.78 is 0. The van der Waals surface area contributed by atoms with Gasteiger partial charge in [0.2, 0.25) is 0 Å². The molecule has 0 saturated carbocycles. The average Bonchev–Trinajstić information content (AvgIpc) is 3.45. The lowest BCUT2D eigenvalue weighted by Gasteiger charge is -2.00. The van der Waals surface area contributed by atoms with E-state index >= 15 is 0 Å². The van der Waals surface area contributed by atoms with Gasteiger partial charge in [-0.15, -0.1) is 0 Å². The summed E-state index contributed by atoms with van der Waals surface area (Å²) in [6, 6.07) is 0. The molecule has 0 amide bonds. The minimum atomic E-state index is -0.954. The van der Waals surface area contributed by atoms with Gasteiger partial charge in [-0.2, -0.15) is 0 Å². The molecule has 0 atom stereocenters. The first-order valence-corrected chi connectivity index (χ1v) is 28.2. The van der Waals surface area contributed by atoms with E-state index in [0.29, 0.717) is 19.3 Å². The Morgan fingerprint density at radius 3 is 0.397 bits per heavy atom. The van der Waals surface area contributed by atoms with Gasteiger partial charge in [0.15, 0.2) is 0 Å². The normalized spacial score (nSPS) is 10.2. The van der Waals surface area contributed by atoms with Gasteiger partial charge in [0.1, 0.15) is 36.6 Å². The largest absolute Gasteiger partial charge is 0.481 e. The Labute approximate surface area is 467 Å². The zero-order valence-corrected chi connectivity index (χ0v) is 48.3. The summed E-state index contributed by atoms with van der Waals surface area (Å²) in [5.41, 5.74) is 0. The molecule has 0 aromatic carbocycles. The molecule has 480 valence electrons. The number of carboxylic acids is 3. The quantitative estimate of drug-likeness (QED) is 0.0388. The van der Waals surface area contributed by atoms with Crippen molar-refractivity contribution in [2.24, 2.45) is 0 Å². The number of aliphatic hydroxyl groups is 18. The topological polar surface area (TPSA) is 476 Å². The van der Waals surface area contributed by atoms with Crippen LogP contribution >= 0.6 is 0 Å². The molecule has 0 unspecified atom stereocenters. The van der Waals surface area contributed by atoms with Crippen LogP contribution in [-0.2, 0) is 14.4 Å². The van der Waals surface area contributed by atoms with Crippen molar-refractivity contribution < 1.29 is 122 Å². The Kier molecular flexibility index (Phi) is 111. The van der Waals surface area contributed by atoms with Crippen LogP contribution in [0.2, 0.25) is 0 Å². The highest BCUT2D eigenvalue weighted by molar-refractivity contribution is 5.67. The molecule has 0 saturated heterocycles. The predicted octanol–water partition coefficient (Wildman–Crippen LogP) is 1.97. The maximum absolute atomic E-state index is 10.2. The molecule has 0 aliphatic heterocycles. The van der Waals surface area contributed by atoms with Crippen LogP contribution in [0.25, 0.3) is 0 Å². The van der Waals surface area contributed by atoms with Crippen molar-refractivity contribution in [2.45, 2.75) is 250 Å². The molecule has 21 N–H and O–H groups in total. The van der Waals surface area contributed by atoms with E-state index in [1.165, 1.54) is 135 Å².